The molecule has 3 rings (SSSR count). The van der Waals surface area contributed by atoms with Crippen LogP contribution in [0.4, 0.5) is 0 Å². The molecule has 140 valence electrons. The Morgan fingerprint density at radius 3 is 2.81 bits per heavy atom. The highest BCUT2D eigenvalue weighted by Gasteiger charge is 2.23. The number of piperidine rings is 1. The summed E-state index contributed by atoms with van der Waals surface area (Å²) >= 11 is 1.27. The third kappa shape index (κ3) is 4.12. The third-order valence-electron chi connectivity index (χ3n) is 4.48. The topological polar surface area (TPSA) is 77.7 Å². The first-order valence-electron chi connectivity index (χ1n) is 8.60. The van der Waals surface area contributed by atoms with Gasteiger partial charge >= 0.3 is 0 Å². The summed E-state index contributed by atoms with van der Waals surface area (Å²) in [6.45, 7) is 2.94. The minimum atomic E-state index is 0.119. The number of aromatic nitrogens is 2. The van der Waals surface area contributed by atoms with Crippen molar-refractivity contribution in [3.63, 3.8) is 0 Å². The zero-order chi connectivity index (χ0) is 18.5. The average Bonchev–Trinajstić information content (AvgIpc) is 3.15. The molecule has 0 aliphatic carbocycles. The van der Waals surface area contributed by atoms with Crippen LogP contribution in [0.1, 0.15) is 26.2 Å². The number of amides is 1. The Hall–Kier alpha value is -2.22. The molecule has 26 heavy (non-hydrogen) atoms. The molecule has 2 aromatic rings. The molecule has 2 heterocycles. The molecule has 7 nitrogen and oxygen atoms in total. The normalized spacial score (nSPS) is 17.2. The molecule has 0 spiro atoms. The predicted octanol–water partition coefficient (Wildman–Crippen LogP) is 3.25. The van der Waals surface area contributed by atoms with Crippen molar-refractivity contribution >= 4 is 17.7 Å². The Morgan fingerprint density at radius 2 is 2.08 bits per heavy atom. The van der Waals surface area contributed by atoms with Crippen molar-refractivity contribution in [3.8, 4) is 23.0 Å². The number of thioether (sulfide) groups is 1. The maximum absolute atomic E-state index is 12.4. The second-order valence-electron chi connectivity index (χ2n) is 6.16. The quantitative estimate of drug-likeness (QED) is 0.715. The fourth-order valence-electron chi connectivity index (χ4n) is 3.03. The van der Waals surface area contributed by atoms with E-state index in [1.54, 1.807) is 26.4 Å². The van der Waals surface area contributed by atoms with Crippen LogP contribution in [0.15, 0.2) is 27.8 Å². The van der Waals surface area contributed by atoms with E-state index >= 15 is 0 Å². The van der Waals surface area contributed by atoms with E-state index in [9.17, 15) is 4.79 Å². The van der Waals surface area contributed by atoms with E-state index < -0.39 is 0 Å². The molecule has 1 amide bonds. The minimum Gasteiger partial charge on any atom is -0.493 e. The van der Waals surface area contributed by atoms with Gasteiger partial charge in [-0.3, -0.25) is 4.79 Å². The summed E-state index contributed by atoms with van der Waals surface area (Å²) in [4.78, 5) is 14.3. The number of carbonyl (C=O) groups is 1. The van der Waals surface area contributed by atoms with Crippen molar-refractivity contribution in [2.24, 2.45) is 0 Å². The largest absolute Gasteiger partial charge is 0.493 e. The second-order valence-corrected chi connectivity index (χ2v) is 7.09. The molecular formula is C18H23N3O4S. The smallest absolute Gasteiger partial charge is 0.277 e. The van der Waals surface area contributed by atoms with E-state index in [-0.39, 0.29) is 5.91 Å². The SMILES string of the molecule is COc1ccc(-c2nnc(SCC(=O)N3CCCC[C@H]3C)o2)cc1OC. The van der Waals surface area contributed by atoms with E-state index in [1.165, 1.54) is 18.2 Å². The molecular weight excluding hydrogens is 354 g/mol. The number of carbonyl (C=O) groups excluding carboxylic acids is 1. The molecule has 1 atom stereocenters. The minimum absolute atomic E-state index is 0.119. The van der Waals surface area contributed by atoms with Gasteiger partial charge in [-0.05, 0) is 44.4 Å². The van der Waals surface area contributed by atoms with E-state index in [4.69, 9.17) is 13.9 Å². The van der Waals surface area contributed by atoms with Gasteiger partial charge in [0, 0.05) is 18.2 Å². The standard InChI is InChI=1S/C18H23N3O4S/c1-12-6-4-5-9-21(12)16(22)11-26-18-20-19-17(25-18)13-7-8-14(23-2)15(10-13)24-3/h7-8,10,12H,4-6,9,11H2,1-3H3/t12-/m1/s1. The lowest BCUT2D eigenvalue weighted by Gasteiger charge is -2.33. The summed E-state index contributed by atoms with van der Waals surface area (Å²) in [5, 5.41) is 8.48. The highest BCUT2D eigenvalue weighted by molar-refractivity contribution is 7.99. The van der Waals surface area contributed by atoms with Gasteiger partial charge in [-0.1, -0.05) is 11.8 Å². The molecule has 0 bridgehead atoms. The zero-order valence-electron chi connectivity index (χ0n) is 15.2. The predicted molar refractivity (Wildman–Crippen MR) is 98.6 cm³/mol. The van der Waals surface area contributed by atoms with Crippen molar-refractivity contribution in [2.45, 2.75) is 37.5 Å². The lowest BCUT2D eigenvalue weighted by Crippen LogP contribution is -2.42. The second kappa shape index (κ2) is 8.44. The van der Waals surface area contributed by atoms with Crippen LogP contribution in [0.2, 0.25) is 0 Å². The number of benzene rings is 1. The molecule has 1 aromatic heterocycles. The summed E-state index contributed by atoms with van der Waals surface area (Å²) in [5.74, 6) is 2.02. The average molecular weight is 377 g/mol. The molecule has 0 unspecified atom stereocenters. The fraction of sp³-hybridized carbons (Fsp3) is 0.500. The van der Waals surface area contributed by atoms with Gasteiger partial charge in [-0.25, -0.2) is 0 Å². The first-order chi connectivity index (χ1) is 12.6. The number of rotatable bonds is 6. The van der Waals surface area contributed by atoms with Crippen LogP contribution in [0.25, 0.3) is 11.5 Å². The lowest BCUT2D eigenvalue weighted by atomic mass is 10.0. The zero-order valence-corrected chi connectivity index (χ0v) is 16.0. The van der Waals surface area contributed by atoms with Gasteiger partial charge in [0.25, 0.3) is 5.22 Å². The molecule has 0 saturated carbocycles. The molecule has 1 aliphatic rings. The van der Waals surface area contributed by atoms with Crippen LogP contribution in [0, 0.1) is 0 Å². The van der Waals surface area contributed by atoms with Crippen molar-refractivity contribution < 1.29 is 18.7 Å². The number of hydrogen-bond donors (Lipinski definition) is 0. The molecule has 0 radical (unpaired) electrons. The van der Waals surface area contributed by atoms with Gasteiger partial charge < -0.3 is 18.8 Å². The molecule has 1 aliphatic heterocycles. The Balaban J connectivity index is 1.64. The van der Waals surface area contributed by atoms with Crippen molar-refractivity contribution in [3.05, 3.63) is 18.2 Å². The first-order valence-corrected chi connectivity index (χ1v) is 9.59. The number of ether oxygens (including phenoxy) is 2. The lowest BCUT2D eigenvalue weighted by molar-refractivity contribution is -0.131. The number of methoxy groups -OCH3 is 2. The van der Waals surface area contributed by atoms with Crippen LogP contribution < -0.4 is 9.47 Å². The third-order valence-corrected chi connectivity index (χ3v) is 5.28. The molecule has 0 N–H and O–H groups in total. The van der Waals surface area contributed by atoms with Crippen molar-refractivity contribution in [1.29, 1.82) is 0 Å². The van der Waals surface area contributed by atoms with Crippen molar-refractivity contribution in [1.82, 2.24) is 15.1 Å². The number of hydrogen-bond acceptors (Lipinski definition) is 7. The van der Waals surface area contributed by atoms with Crippen molar-refractivity contribution in [2.75, 3.05) is 26.5 Å². The molecule has 8 heteroatoms. The summed E-state index contributed by atoms with van der Waals surface area (Å²) in [6, 6.07) is 5.69. The first kappa shape index (κ1) is 18.6. The van der Waals surface area contributed by atoms with Gasteiger partial charge in [0.05, 0.1) is 20.0 Å². The summed E-state index contributed by atoms with van der Waals surface area (Å²) < 4.78 is 16.2. The summed E-state index contributed by atoms with van der Waals surface area (Å²) in [6.07, 6.45) is 3.33. The Morgan fingerprint density at radius 1 is 1.27 bits per heavy atom. The van der Waals surface area contributed by atoms with E-state index in [0.29, 0.717) is 34.4 Å². The number of nitrogens with zero attached hydrogens (tertiary/aromatic N) is 3. The van der Waals surface area contributed by atoms with E-state index in [2.05, 4.69) is 17.1 Å². The summed E-state index contributed by atoms with van der Waals surface area (Å²) in [7, 11) is 3.16. The van der Waals surface area contributed by atoms with Crippen LogP contribution >= 0.6 is 11.8 Å². The number of likely N-dealkylation sites (tertiary alicyclic amines) is 1. The van der Waals surface area contributed by atoms with Gasteiger partial charge in [-0.15, -0.1) is 10.2 Å². The fourth-order valence-corrected chi connectivity index (χ4v) is 3.68. The van der Waals surface area contributed by atoms with Gasteiger partial charge in [0.15, 0.2) is 11.5 Å². The maximum Gasteiger partial charge on any atom is 0.277 e. The van der Waals surface area contributed by atoms with E-state index in [1.807, 2.05) is 11.0 Å². The van der Waals surface area contributed by atoms with E-state index in [0.717, 1.165) is 24.9 Å². The Labute approximate surface area is 157 Å². The Bertz CT molecular complexity index is 765. The van der Waals surface area contributed by atoms with Gasteiger partial charge in [0.1, 0.15) is 0 Å². The summed E-state index contributed by atoms with van der Waals surface area (Å²) in [5.41, 5.74) is 0.734. The van der Waals surface area contributed by atoms with Crippen LogP contribution in [-0.2, 0) is 4.79 Å². The molecule has 1 fully saturated rings. The Kier molecular flexibility index (Phi) is 6.03. The van der Waals surface area contributed by atoms with Crippen LogP contribution in [-0.4, -0.2) is 53.6 Å². The highest BCUT2D eigenvalue weighted by atomic mass is 32.2. The highest BCUT2D eigenvalue weighted by Crippen LogP contribution is 2.32. The maximum atomic E-state index is 12.4. The van der Waals surface area contributed by atoms with Gasteiger partial charge in [0.2, 0.25) is 11.8 Å². The molecule has 1 saturated heterocycles. The van der Waals surface area contributed by atoms with Crippen LogP contribution in [0.3, 0.4) is 0 Å². The van der Waals surface area contributed by atoms with Gasteiger partial charge in [-0.2, -0.15) is 0 Å². The molecule has 1 aromatic carbocycles. The van der Waals surface area contributed by atoms with Crippen LogP contribution in [0.5, 0.6) is 11.5 Å². The monoisotopic (exact) mass is 377 g/mol.